The van der Waals surface area contributed by atoms with Crippen molar-refractivity contribution in [3.05, 3.63) is 70.6 Å². The van der Waals surface area contributed by atoms with Crippen LogP contribution in [0.25, 0.3) is 16.9 Å². The van der Waals surface area contributed by atoms with E-state index in [1.54, 1.807) is 18.2 Å². The molecule has 3 nitrogen and oxygen atoms in total. The summed E-state index contributed by atoms with van der Waals surface area (Å²) < 4.78 is 15.8. The van der Waals surface area contributed by atoms with Crippen molar-refractivity contribution in [3.8, 4) is 16.9 Å². The Morgan fingerprint density at radius 2 is 1.71 bits per heavy atom. The molecule has 2 aromatic carbocycles. The van der Waals surface area contributed by atoms with Gasteiger partial charge in [0.05, 0.1) is 5.56 Å². The molecule has 0 N–H and O–H groups in total. The first-order chi connectivity index (χ1) is 10.2. The van der Waals surface area contributed by atoms with E-state index in [9.17, 15) is 9.18 Å². The smallest absolute Gasteiger partial charge is 0.155 e. The third-order valence-electron chi connectivity index (χ3n) is 3.11. The maximum Gasteiger partial charge on any atom is 0.155 e. The standard InChI is InChI=1S/C16H10BrFN2O/c17-16-12(10-21)15(11-6-2-1-3-7-11)19-20(16)14-9-5-4-8-13(14)18/h1-10H. The van der Waals surface area contributed by atoms with Crippen molar-refractivity contribution in [1.82, 2.24) is 9.78 Å². The highest BCUT2D eigenvalue weighted by Gasteiger charge is 2.19. The summed E-state index contributed by atoms with van der Waals surface area (Å²) in [6.45, 7) is 0. The summed E-state index contributed by atoms with van der Waals surface area (Å²) in [4.78, 5) is 11.4. The topological polar surface area (TPSA) is 34.9 Å². The van der Waals surface area contributed by atoms with Gasteiger partial charge in [0.2, 0.25) is 0 Å². The average Bonchev–Trinajstić information content (AvgIpc) is 2.85. The van der Waals surface area contributed by atoms with Gasteiger partial charge in [0.1, 0.15) is 21.8 Å². The molecule has 0 unspecified atom stereocenters. The number of para-hydroxylation sites is 1. The Kier molecular flexibility index (Phi) is 3.66. The summed E-state index contributed by atoms with van der Waals surface area (Å²) in [5.74, 6) is -0.405. The van der Waals surface area contributed by atoms with Crippen LogP contribution < -0.4 is 0 Å². The van der Waals surface area contributed by atoms with Gasteiger partial charge in [-0.2, -0.15) is 5.10 Å². The molecule has 21 heavy (non-hydrogen) atoms. The maximum atomic E-state index is 13.9. The summed E-state index contributed by atoms with van der Waals surface area (Å²) in [6.07, 6.45) is 0.719. The first-order valence-corrected chi connectivity index (χ1v) is 7.05. The van der Waals surface area contributed by atoms with E-state index < -0.39 is 5.82 Å². The lowest BCUT2D eigenvalue weighted by Gasteiger charge is -2.04. The predicted molar refractivity (Wildman–Crippen MR) is 82.0 cm³/mol. The van der Waals surface area contributed by atoms with Gasteiger partial charge in [-0.1, -0.05) is 42.5 Å². The molecule has 0 aliphatic carbocycles. The quantitative estimate of drug-likeness (QED) is 0.665. The van der Waals surface area contributed by atoms with Crippen molar-refractivity contribution in [2.75, 3.05) is 0 Å². The number of halogens is 2. The van der Waals surface area contributed by atoms with Gasteiger partial charge in [0.15, 0.2) is 6.29 Å². The van der Waals surface area contributed by atoms with Crippen LogP contribution >= 0.6 is 15.9 Å². The van der Waals surface area contributed by atoms with Gasteiger partial charge in [-0.05, 0) is 28.1 Å². The second-order valence-corrected chi connectivity index (χ2v) is 5.15. The minimum atomic E-state index is -0.405. The molecule has 0 atom stereocenters. The lowest BCUT2D eigenvalue weighted by Crippen LogP contribution is -2.00. The van der Waals surface area contributed by atoms with Gasteiger partial charge in [0.25, 0.3) is 0 Å². The lowest BCUT2D eigenvalue weighted by atomic mass is 10.1. The van der Waals surface area contributed by atoms with Crippen LogP contribution in [-0.4, -0.2) is 16.1 Å². The number of benzene rings is 2. The molecule has 0 saturated heterocycles. The Hall–Kier alpha value is -2.27. The molecule has 0 radical (unpaired) electrons. The fourth-order valence-electron chi connectivity index (χ4n) is 2.11. The molecule has 0 bridgehead atoms. The monoisotopic (exact) mass is 344 g/mol. The summed E-state index contributed by atoms with van der Waals surface area (Å²) in [5, 5.41) is 4.38. The van der Waals surface area contributed by atoms with E-state index in [1.165, 1.54) is 10.7 Å². The number of aldehydes is 1. The molecule has 0 spiro atoms. The van der Waals surface area contributed by atoms with Gasteiger partial charge in [-0.15, -0.1) is 0 Å². The third kappa shape index (κ3) is 2.40. The Labute approximate surface area is 129 Å². The Bertz CT molecular complexity index is 799. The molecular weight excluding hydrogens is 335 g/mol. The largest absolute Gasteiger partial charge is 0.298 e. The van der Waals surface area contributed by atoms with Crippen molar-refractivity contribution in [3.63, 3.8) is 0 Å². The van der Waals surface area contributed by atoms with E-state index in [0.29, 0.717) is 15.9 Å². The summed E-state index contributed by atoms with van der Waals surface area (Å²) >= 11 is 3.33. The molecule has 0 fully saturated rings. The summed E-state index contributed by atoms with van der Waals surface area (Å²) in [5.41, 5.74) is 2.00. The molecule has 5 heteroatoms. The van der Waals surface area contributed by atoms with E-state index in [2.05, 4.69) is 21.0 Å². The first kappa shape index (κ1) is 13.7. The fourth-order valence-corrected chi connectivity index (χ4v) is 2.66. The molecular formula is C16H10BrFN2O. The second kappa shape index (κ2) is 5.61. The molecule has 0 aliphatic rings. The van der Waals surface area contributed by atoms with Crippen LogP contribution in [0.2, 0.25) is 0 Å². The highest BCUT2D eigenvalue weighted by atomic mass is 79.9. The van der Waals surface area contributed by atoms with Crippen LogP contribution in [-0.2, 0) is 0 Å². The predicted octanol–water partition coefficient (Wildman–Crippen LogP) is 4.25. The van der Waals surface area contributed by atoms with Crippen molar-refractivity contribution in [1.29, 1.82) is 0 Å². The van der Waals surface area contributed by atoms with Crippen LogP contribution in [0.3, 0.4) is 0 Å². The molecule has 0 aliphatic heterocycles. The Balaban J connectivity index is 2.24. The first-order valence-electron chi connectivity index (χ1n) is 6.26. The van der Waals surface area contributed by atoms with Gasteiger partial charge >= 0.3 is 0 Å². The Morgan fingerprint density at radius 3 is 2.38 bits per heavy atom. The molecule has 104 valence electrons. The zero-order valence-electron chi connectivity index (χ0n) is 10.8. The molecule has 0 amide bonds. The second-order valence-electron chi connectivity index (χ2n) is 4.40. The van der Waals surface area contributed by atoms with E-state index >= 15 is 0 Å². The van der Waals surface area contributed by atoms with Crippen LogP contribution in [0.1, 0.15) is 10.4 Å². The fraction of sp³-hybridized carbons (Fsp3) is 0. The molecule has 0 saturated carbocycles. The summed E-state index contributed by atoms with van der Waals surface area (Å²) in [6, 6.07) is 15.6. The van der Waals surface area contributed by atoms with E-state index in [-0.39, 0.29) is 5.69 Å². The Morgan fingerprint density at radius 1 is 1.05 bits per heavy atom. The van der Waals surface area contributed by atoms with Crippen molar-refractivity contribution in [2.24, 2.45) is 0 Å². The highest BCUT2D eigenvalue weighted by Crippen LogP contribution is 2.30. The third-order valence-corrected chi connectivity index (χ3v) is 3.87. The zero-order valence-corrected chi connectivity index (χ0v) is 12.4. The van der Waals surface area contributed by atoms with Crippen molar-refractivity contribution < 1.29 is 9.18 Å². The number of hydrogen-bond acceptors (Lipinski definition) is 2. The number of carbonyl (C=O) groups is 1. The minimum Gasteiger partial charge on any atom is -0.298 e. The van der Waals surface area contributed by atoms with Gasteiger partial charge in [-0.3, -0.25) is 4.79 Å². The summed E-state index contributed by atoms with van der Waals surface area (Å²) in [7, 11) is 0. The number of nitrogens with zero attached hydrogens (tertiary/aromatic N) is 2. The van der Waals surface area contributed by atoms with E-state index in [1.807, 2.05) is 30.3 Å². The van der Waals surface area contributed by atoms with Gasteiger partial charge in [0, 0.05) is 5.56 Å². The van der Waals surface area contributed by atoms with E-state index in [4.69, 9.17) is 0 Å². The average molecular weight is 345 g/mol. The number of rotatable bonds is 3. The number of carbonyl (C=O) groups excluding carboxylic acids is 1. The molecule has 1 heterocycles. The van der Waals surface area contributed by atoms with Crippen molar-refractivity contribution in [2.45, 2.75) is 0 Å². The van der Waals surface area contributed by atoms with Crippen LogP contribution in [0.15, 0.2) is 59.2 Å². The lowest BCUT2D eigenvalue weighted by molar-refractivity contribution is 0.112. The van der Waals surface area contributed by atoms with E-state index in [0.717, 1.165) is 11.8 Å². The normalized spacial score (nSPS) is 10.6. The maximum absolute atomic E-state index is 13.9. The molecule has 3 rings (SSSR count). The molecule has 1 aromatic heterocycles. The van der Waals surface area contributed by atoms with Crippen LogP contribution in [0.4, 0.5) is 4.39 Å². The molecule has 3 aromatic rings. The van der Waals surface area contributed by atoms with Gasteiger partial charge in [-0.25, -0.2) is 9.07 Å². The number of hydrogen-bond donors (Lipinski definition) is 0. The van der Waals surface area contributed by atoms with Crippen LogP contribution in [0.5, 0.6) is 0 Å². The zero-order chi connectivity index (χ0) is 14.8. The SMILES string of the molecule is O=Cc1c(-c2ccccc2)nn(-c2ccccc2F)c1Br. The van der Waals surface area contributed by atoms with Gasteiger partial charge < -0.3 is 0 Å². The number of aromatic nitrogens is 2. The van der Waals surface area contributed by atoms with Crippen molar-refractivity contribution >= 4 is 22.2 Å². The highest BCUT2D eigenvalue weighted by molar-refractivity contribution is 9.10. The van der Waals surface area contributed by atoms with Crippen LogP contribution in [0, 0.1) is 5.82 Å². The minimum absolute atomic E-state index is 0.287.